The molecule has 0 saturated carbocycles. The number of anilines is 1. The van der Waals surface area contributed by atoms with E-state index in [9.17, 15) is 4.79 Å². The number of amides is 1. The van der Waals surface area contributed by atoms with Crippen molar-refractivity contribution in [3.63, 3.8) is 0 Å². The van der Waals surface area contributed by atoms with Gasteiger partial charge in [0.2, 0.25) is 5.91 Å². The lowest BCUT2D eigenvalue weighted by atomic mass is 10.0. The van der Waals surface area contributed by atoms with Crippen LogP contribution in [-0.2, 0) is 4.79 Å². The van der Waals surface area contributed by atoms with Gasteiger partial charge in [-0.1, -0.05) is 31.2 Å². The third kappa shape index (κ3) is 3.58. The Balaban J connectivity index is 2.58. The summed E-state index contributed by atoms with van der Waals surface area (Å²) >= 11 is 0. The van der Waals surface area contributed by atoms with Gasteiger partial charge in [-0.05, 0) is 25.0 Å². The molecule has 1 N–H and O–H groups in total. The summed E-state index contributed by atoms with van der Waals surface area (Å²) in [7, 11) is 0. The minimum Gasteiger partial charge on any atom is -0.326 e. The maximum atomic E-state index is 11.8. The molecule has 0 fully saturated rings. The van der Waals surface area contributed by atoms with E-state index < -0.39 is 0 Å². The summed E-state index contributed by atoms with van der Waals surface area (Å²) in [5, 5.41) is 2.89. The zero-order valence-corrected chi connectivity index (χ0v) is 9.07. The molecule has 15 heavy (non-hydrogen) atoms. The van der Waals surface area contributed by atoms with Gasteiger partial charge in [0.15, 0.2) is 0 Å². The summed E-state index contributed by atoms with van der Waals surface area (Å²) in [6.07, 6.45) is 3.36. The van der Waals surface area contributed by atoms with E-state index in [0.29, 0.717) is 0 Å². The molecule has 0 bridgehead atoms. The van der Waals surface area contributed by atoms with Crippen LogP contribution in [0, 0.1) is 5.92 Å². The van der Waals surface area contributed by atoms with Gasteiger partial charge in [-0.25, -0.2) is 0 Å². The molecule has 0 aliphatic rings. The van der Waals surface area contributed by atoms with Gasteiger partial charge in [-0.2, -0.15) is 0 Å². The molecule has 1 aromatic rings. The first-order valence-electron chi connectivity index (χ1n) is 5.24. The minimum atomic E-state index is 0.0303. The van der Waals surface area contributed by atoms with E-state index in [-0.39, 0.29) is 11.8 Å². The highest BCUT2D eigenvalue weighted by molar-refractivity contribution is 5.92. The fraction of sp³-hybridized carbons (Fsp3) is 0.308. The molecule has 0 aliphatic heterocycles. The highest BCUT2D eigenvalue weighted by Gasteiger charge is 2.14. The third-order valence-electron chi connectivity index (χ3n) is 2.36. The zero-order valence-electron chi connectivity index (χ0n) is 9.07. The Hall–Kier alpha value is -1.57. The molecule has 0 saturated heterocycles. The van der Waals surface area contributed by atoms with Crippen LogP contribution in [0.4, 0.5) is 5.69 Å². The predicted octanol–water partition coefficient (Wildman–Crippen LogP) is 3.23. The summed E-state index contributed by atoms with van der Waals surface area (Å²) in [6.45, 7) is 5.67. The highest BCUT2D eigenvalue weighted by Crippen LogP contribution is 2.13. The molecule has 0 aromatic heterocycles. The normalized spacial score (nSPS) is 11.8. The van der Waals surface area contributed by atoms with Gasteiger partial charge in [0, 0.05) is 11.6 Å². The van der Waals surface area contributed by atoms with Gasteiger partial charge < -0.3 is 5.32 Å². The van der Waals surface area contributed by atoms with Crippen molar-refractivity contribution in [2.24, 2.45) is 5.92 Å². The van der Waals surface area contributed by atoms with Crippen LogP contribution >= 0.6 is 0 Å². The Morgan fingerprint density at radius 3 is 2.67 bits per heavy atom. The lowest BCUT2D eigenvalue weighted by molar-refractivity contribution is -0.119. The summed E-state index contributed by atoms with van der Waals surface area (Å²) in [6, 6.07) is 9.52. The average molecular weight is 203 g/mol. The second kappa shape index (κ2) is 6.02. The van der Waals surface area contributed by atoms with Gasteiger partial charge in [0.1, 0.15) is 0 Å². The minimum absolute atomic E-state index is 0.0303. The molecule has 1 amide bonds. The van der Waals surface area contributed by atoms with Crippen LogP contribution in [-0.4, -0.2) is 5.91 Å². The summed E-state index contributed by atoms with van der Waals surface area (Å²) in [4.78, 5) is 11.8. The maximum absolute atomic E-state index is 11.8. The van der Waals surface area contributed by atoms with Crippen LogP contribution in [0.5, 0.6) is 0 Å². The SMILES string of the molecule is C=CC[C@@H](CC)C(=O)Nc1ccccc1. The molecule has 2 nitrogen and oxygen atoms in total. The van der Waals surface area contributed by atoms with E-state index in [1.807, 2.05) is 37.3 Å². The van der Waals surface area contributed by atoms with E-state index >= 15 is 0 Å². The number of hydrogen-bond donors (Lipinski definition) is 1. The molecule has 1 rings (SSSR count). The number of carbonyl (C=O) groups excluding carboxylic acids is 1. The monoisotopic (exact) mass is 203 g/mol. The zero-order chi connectivity index (χ0) is 11.1. The Morgan fingerprint density at radius 1 is 1.47 bits per heavy atom. The fourth-order valence-corrected chi connectivity index (χ4v) is 1.43. The largest absolute Gasteiger partial charge is 0.326 e. The Labute approximate surface area is 91.0 Å². The van der Waals surface area contributed by atoms with Crippen molar-refractivity contribution in [1.82, 2.24) is 0 Å². The van der Waals surface area contributed by atoms with E-state index in [1.54, 1.807) is 6.08 Å². The number of carbonyl (C=O) groups is 1. The molecule has 1 aromatic carbocycles. The van der Waals surface area contributed by atoms with Gasteiger partial charge >= 0.3 is 0 Å². The number of nitrogens with one attached hydrogen (secondary N) is 1. The first-order chi connectivity index (χ1) is 7.27. The van der Waals surface area contributed by atoms with E-state index in [4.69, 9.17) is 0 Å². The van der Waals surface area contributed by atoms with Crippen LogP contribution in [0.1, 0.15) is 19.8 Å². The van der Waals surface area contributed by atoms with Crippen LogP contribution in [0.15, 0.2) is 43.0 Å². The molecule has 2 heteroatoms. The fourth-order valence-electron chi connectivity index (χ4n) is 1.43. The second-order valence-corrected chi connectivity index (χ2v) is 3.48. The second-order valence-electron chi connectivity index (χ2n) is 3.48. The molecule has 0 unspecified atom stereocenters. The summed E-state index contributed by atoms with van der Waals surface area (Å²) < 4.78 is 0. The Morgan fingerprint density at radius 2 is 2.13 bits per heavy atom. The van der Waals surface area contributed by atoms with Crippen molar-refractivity contribution in [2.75, 3.05) is 5.32 Å². The number of rotatable bonds is 5. The number of hydrogen-bond acceptors (Lipinski definition) is 1. The summed E-state index contributed by atoms with van der Waals surface area (Å²) in [5.74, 6) is 0.103. The van der Waals surface area contributed by atoms with Crippen molar-refractivity contribution in [1.29, 1.82) is 0 Å². The number of benzene rings is 1. The number of para-hydroxylation sites is 1. The topological polar surface area (TPSA) is 29.1 Å². The molecule has 0 radical (unpaired) electrons. The Bertz CT molecular complexity index is 319. The van der Waals surface area contributed by atoms with E-state index in [1.165, 1.54) is 0 Å². The molecule has 1 atom stereocenters. The molecule has 0 spiro atoms. The molecule has 80 valence electrons. The van der Waals surface area contributed by atoms with Crippen LogP contribution in [0.3, 0.4) is 0 Å². The first-order valence-corrected chi connectivity index (χ1v) is 5.24. The average Bonchev–Trinajstić information content (AvgIpc) is 2.27. The van der Waals surface area contributed by atoms with Crippen molar-refractivity contribution < 1.29 is 4.79 Å². The van der Waals surface area contributed by atoms with Crippen molar-refractivity contribution >= 4 is 11.6 Å². The lowest BCUT2D eigenvalue weighted by Crippen LogP contribution is -2.21. The van der Waals surface area contributed by atoms with Crippen LogP contribution in [0.25, 0.3) is 0 Å². The molecular formula is C13H17NO. The third-order valence-corrected chi connectivity index (χ3v) is 2.36. The summed E-state index contributed by atoms with van der Waals surface area (Å²) in [5.41, 5.74) is 0.852. The first kappa shape index (κ1) is 11.5. The van der Waals surface area contributed by atoms with Crippen molar-refractivity contribution in [3.05, 3.63) is 43.0 Å². The lowest BCUT2D eigenvalue weighted by Gasteiger charge is -2.12. The molecular weight excluding hydrogens is 186 g/mol. The Kier molecular flexibility index (Phi) is 4.61. The van der Waals surface area contributed by atoms with Crippen LogP contribution in [0.2, 0.25) is 0 Å². The van der Waals surface area contributed by atoms with Gasteiger partial charge in [0.05, 0.1) is 0 Å². The van der Waals surface area contributed by atoms with Gasteiger partial charge in [-0.3, -0.25) is 4.79 Å². The van der Waals surface area contributed by atoms with Crippen molar-refractivity contribution in [3.8, 4) is 0 Å². The van der Waals surface area contributed by atoms with Crippen molar-refractivity contribution in [2.45, 2.75) is 19.8 Å². The molecule has 0 aliphatic carbocycles. The van der Waals surface area contributed by atoms with E-state index in [0.717, 1.165) is 18.5 Å². The smallest absolute Gasteiger partial charge is 0.227 e. The van der Waals surface area contributed by atoms with E-state index in [2.05, 4.69) is 11.9 Å². The van der Waals surface area contributed by atoms with Gasteiger partial charge in [-0.15, -0.1) is 6.58 Å². The maximum Gasteiger partial charge on any atom is 0.227 e. The predicted molar refractivity (Wildman–Crippen MR) is 63.7 cm³/mol. The molecule has 0 heterocycles. The highest BCUT2D eigenvalue weighted by atomic mass is 16.1. The standard InChI is InChI=1S/C13H17NO/c1-3-8-11(4-2)13(15)14-12-9-6-5-7-10-12/h3,5-7,9-11H,1,4,8H2,2H3,(H,14,15)/t11-/m1/s1. The number of allylic oxidation sites excluding steroid dienone is 1. The quantitative estimate of drug-likeness (QED) is 0.731. The van der Waals surface area contributed by atoms with Gasteiger partial charge in [0.25, 0.3) is 0 Å². The van der Waals surface area contributed by atoms with Crippen LogP contribution < -0.4 is 5.32 Å².